The van der Waals surface area contributed by atoms with E-state index in [1.54, 1.807) is 0 Å². The maximum atomic E-state index is 12.1. The number of amides is 1. The number of rotatable bonds is 3. The van der Waals surface area contributed by atoms with E-state index in [4.69, 9.17) is 5.14 Å². The lowest BCUT2D eigenvalue weighted by molar-refractivity contribution is -0.118. The Morgan fingerprint density at radius 3 is 2.55 bits per heavy atom. The minimum absolute atomic E-state index is 0.0306. The van der Waals surface area contributed by atoms with Crippen LogP contribution in [0, 0.1) is 0 Å². The molecule has 1 atom stereocenters. The molecule has 6 nitrogen and oxygen atoms in total. The van der Waals surface area contributed by atoms with Crippen molar-refractivity contribution in [1.29, 1.82) is 0 Å². The molecule has 0 bridgehead atoms. The molecule has 0 spiro atoms. The molecular weight excluding hydrogens is 278 g/mol. The van der Waals surface area contributed by atoms with Crippen LogP contribution in [-0.4, -0.2) is 26.9 Å². The fourth-order valence-electron chi connectivity index (χ4n) is 2.21. The van der Waals surface area contributed by atoms with E-state index in [2.05, 4.69) is 10.6 Å². The van der Waals surface area contributed by atoms with Crippen molar-refractivity contribution in [3.63, 3.8) is 0 Å². The lowest BCUT2D eigenvalue weighted by Gasteiger charge is -2.15. The summed E-state index contributed by atoms with van der Waals surface area (Å²) in [6.07, 6.45) is 4.09. The molecule has 1 saturated heterocycles. The Hall–Kier alpha value is -1.44. The van der Waals surface area contributed by atoms with Crippen molar-refractivity contribution >= 4 is 21.6 Å². The molecule has 1 aromatic carbocycles. The van der Waals surface area contributed by atoms with Crippen LogP contribution in [0.5, 0.6) is 0 Å². The van der Waals surface area contributed by atoms with Gasteiger partial charge < -0.3 is 10.6 Å². The Balaban J connectivity index is 2.00. The van der Waals surface area contributed by atoms with Gasteiger partial charge in [0, 0.05) is 5.69 Å². The number of benzene rings is 1. The summed E-state index contributed by atoms with van der Waals surface area (Å²) < 4.78 is 22.3. The van der Waals surface area contributed by atoms with Crippen LogP contribution in [0.4, 0.5) is 5.69 Å². The highest BCUT2D eigenvalue weighted by atomic mass is 32.2. The minimum atomic E-state index is -3.70. The summed E-state index contributed by atoms with van der Waals surface area (Å²) in [7, 11) is -3.70. The van der Waals surface area contributed by atoms with E-state index in [0.29, 0.717) is 5.69 Å². The predicted molar refractivity (Wildman–Crippen MR) is 76.7 cm³/mol. The third kappa shape index (κ3) is 4.03. The van der Waals surface area contributed by atoms with Crippen molar-refractivity contribution in [3.05, 3.63) is 24.3 Å². The van der Waals surface area contributed by atoms with Gasteiger partial charge >= 0.3 is 0 Å². The average molecular weight is 297 g/mol. The number of primary sulfonamides is 1. The molecule has 1 aliphatic rings. The fourth-order valence-corrected chi connectivity index (χ4v) is 2.73. The number of hydrogen-bond acceptors (Lipinski definition) is 4. The molecule has 2 rings (SSSR count). The van der Waals surface area contributed by atoms with Crippen molar-refractivity contribution in [2.24, 2.45) is 5.14 Å². The molecule has 7 heteroatoms. The monoisotopic (exact) mass is 297 g/mol. The van der Waals surface area contributed by atoms with E-state index in [1.807, 2.05) is 0 Å². The van der Waals surface area contributed by atoms with Gasteiger partial charge in [-0.1, -0.05) is 12.8 Å². The Labute approximate surface area is 118 Å². The van der Waals surface area contributed by atoms with Gasteiger partial charge in [-0.3, -0.25) is 4.79 Å². The highest BCUT2D eigenvalue weighted by molar-refractivity contribution is 7.89. The van der Waals surface area contributed by atoms with Crippen molar-refractivity contribution in [2.45, 2.75) is 36.6 Å². The summed E-state index contributed by atoms with van der Waals surface area (Å²) in [5, 5.41) is 11.0. The lowest BCUT2D eigenvalue weighted by Crippen LogP contribution is -2.39. The summed E-state index contributed by atoms with van der Waals surface area (Å²) in [6.45, 7) is 0.850. The van der Waals surface area contributed by atoms with Crippen LogP contribution >= 0.6 is 0 Å². The number of carbonyl (C=O) groups excluding carboxylic acids is 1. The first-order valence-corrected chi connectivity index (χ1v) is 8.18. The Morgan fingerprint density at radius 1 is 1.20 bits per heavy atom. The summed E-state index contributed by atoms with van der Waals surface area (Å²) >= 11 is 0. The van der Waals surface area contributed by atoms with Crippen LogP contribution in [0.15, 0.2) is 29.2 Å². The Morgan fingerprint density at radius 2 is 1.90 bits per heavy atom. The maximum Gasteiger partial charge on any atom is 0.241 e. The number of anilines is 1. The Kier molecular flexibility index (Phi) is 4.74. The van der Waals surface area contributed by atoms with Gasteiger partial charge in [0.2, 0.25) is 15.9 Å². The topological polar surface area (TPSA) is 101 Å². The molecule has 20 heavy (non-hydrogen) atoms. The van der Waals surface area contributed by atoms with Crippen LogP contribution in [0.1, 0.15) is 25.7 Å². The third-order valence-corrected chi connectivity index (χ3v) is 4.26. The van der Waals surface area contributed by atoms with E-state index in [1.165, 1.54) is 24.3 Å². The number of nitrogens with two attached hydrogens (primary N) is 1. The second-order valence-corrected chi connectivity index (χ2v) is 6.48. The van der Waals surface area contributed by atoms with Gasteiger partial charge in [-0.05, 0) is 43.7 Å². The molecule has 1 heterocycles. The normalized spacial score (nSPS) is 20.1. The van der Waals surface area contributed by atoms with E-state index in [9.17, 15) is 13.2 Å². The first-order valence-electron chi connectivity index (χ1n) is 6.64. The Bertz CT molecular complexity index is 561. The van der Waals surface area contributed by atoms with Gasteiger partial charge in [-0.2, -0.15) is 0 Å². The lowest BCUT2D eigenvalue weighted by atomic mass is 10.1. The largest absolute Gasteiger partial charge is 0.325 e. The zero-order valence-electron chi connectivity index (χ0n) is 11.1. The summed E-state index contributed by atoms with van der Waals surface area (Å²) in [5.74, 6) is -0.0877. The van der Waals surface area contributed by atoms with E-state index < -0.39 is 10.0 Å². The SMILES string of the molecule is NS(=O)(=O)c1ccc(NC(=O)C2CCCCCN2)cc1. The molecule has 1 aromatic rings. The second kappa shape index (κ2) is 6.34. The quantitative estimate of drug-likeness (QED) is 0.768. The third-order valence-electron chi connectivity index (χ3n) is 3.33. The smallest absolute Gasteiger partial charge is 0.241 e. The molecule has 1 aliphatic heterocycles. The average Bonchev–Trinajstić information content (AvgIpc) is 2.67. The van der Waals surface area contributed by atoms with Gasteiger partial charge in [0.25, 0.3) is 0 Å². The van der Waals surface area contributed by atoms with E-state index in [-0.39, 0.29) is 16.8 Å². The van der Waals surface area contributed by atoms with Crippen molar-refractivity contribution in [1.82, 2.24) is 5.32 Å². The molecule has 110 valence electrons. The molecule has 1 fully saturated rings. The standard InChI is InChI=1S/C13H19N3O3S/c14-20(18,19)11-7-5-10(6-8-11)16-13(17)12-4-2-1-3-9-15-12/h5-8,12,15H,1-4,9H2,(H,16,17)(H2,14,18,19). The van der Waals surface area contributed by atoms with Crippen LogP contribution < -0.4 is 15.8 Å². The molecule has 1 amide bonds. The zero-order chi connectivity index (χ0) is 14.6. The van der Waals surface area contributed by atoms with Gasteiger partial charge in [0.1, 0.15) is 0 Å². The molecule has 0 saturated carbocycles. The van der Waals surface area contributed by atoms with E-state index in [0.717, 1.165) is 32.2 Å². The van der Waals surface area contributed by atoms with Crippen LogP contribution in [0.2, 0.25) is 0 Å². The molecule has 0 radical (unpaired) electrons. The molecule has 0 aromatic heterocycles. The first-order chi connectivity index (χ1) is 9.47. The predicted octanol–water partition coefficient (Wildman–Crippen LogP) is 0.805. The van der Waals surface area contributed by atoms with Crippen LogP contribution in [0.25, 0.3) is 0 Å². The van der Waals surface area contributed by atoms with Gasteiger partial charge in [0.05, 0.1) is 10.9 Å². The van der Waals surface area contributed by atoms with Crippen molar-refractivity contribution < 1.29 is 13.2 Å². The fraction of sp³-hybridized carbons (Fsp3) is 0.462. The highest BCUT2D eigenvalue weighted by Gasteiger charge is 2.19. The molecular formula is C13H19N3O3S. The first kappa shape index (κ1) is 15.0. The number of sulfonamides is 1. The highest BCUT2D eigenvalue weighted by Crippen LogP contribution is 2.14. The summed E-state index contributed by atoms with van der Waals surface area (Å²) in [4.78, 5) is 12.1. The van der Waals surface area contributed by atoms with Crippen molar-refractivity contribution in [3.8, 4) is 0 Å². The second-order valence-electron chi connectivity index (χ2n) is 4.91. The number of carbonyl (C=O) groups is 1. The summed E-state index contributed by atoms with van der Waals surface area (Å²) in [5.41, 5.74) is 0.563. The summed E-state index contributed by atoms with van der Waals surface area (Å²) in [6, 6.07) is 5.65. The van der Waals surface area contributed by atoms with Gasteiger partial charge in [-0.15, -0.1) is 0 Å². The zero-order valence-corrected chi connectivity index (χ0v) is 11.9. The maximum absolute atomic E-state index is 12.1. The molecule has 4 N–H and O–H groups in total. The van der Waals surface area contributed by atoms with Gasteiger partial charge in [-0.25, -0.2) is 13.6 Å². The number of nitrogens with one attached hydrogen (secondary N) is 2. The van der Waals surface area contributed by atoms with Crippen LogP contribution in [-0.2, 0) is 14.8 Å². The van der Waals surface area contributed by atoms with Crippen LogP contribution in [0.3, 0.4) is 0 Å². The van der Waals surface area contributed by atoms with Gasteiger partial charge in [0.15, 0.2) is 0 Å². The van der Waals surface area contributed by atoms with Crippen molar-refractivity contribution in [2.75, 3.05) is 11.9 Å². The molecule has 1 unspecified atom stereocenters. The minimum Gasteiger partial charge on any atom is -0.325 e. The molecule has 0 aliphatic carbocycles. The number of hydrogen-bond donors (Lipinski definition) is 3. The van der Waals surface area contributed by atoms with E-state index >= 15 is 0 Å².